The SMILES string of the molecule is CC(C)[C@H]1C[C@@H]1c1ccc(C(=O)N(C)C)cc1. The Balaban J connectivity index is 2.07. The Labute approximate surface area is 104 Å². The highest BCUT2D eigenvalue weighted by Crippen LogP contribution is 2.51. The van der Waals surface area contributed by atoms with Crippen LogP contribution < -0.4 is 0 Å². The van der Waals surface area contributed by atoms with Gasteiger partial charge in [0, 0.05) is 19.7 Å². The van der Waals surface area contributed by atoms with Gasteiger partial charge >= 0.3 is 0 Å². The normalized spacial score (nSPS) is 22.6. The second-order valence-electron chi connectivity index (χ2n) is 5.57. The van der Waals surface area contributed by atoms with Crippen molar-refractivity contribution < 1.29 is 4.79 Å². The van der Waals surface area contributed by atoms with Gasteiger partial charge in [0.2, 0.25) is 0 Å². The number of carbonyl (C=O) groups is 1. The van der Waals surface area contributed by atoms with Gasteiger partial charge in [0.1, 0.15) is 0 Å². The van der Waals surface area contributed by atoms with E-state index in [1.165, 1.54) is 12.0 Å². The highest BCUT2D eigenvalue weighted by molar-refractivity contribution is 5.93. The van der Waals surface area contributed by atoms with E-state index in [0.717, 1.165) is 23.3 Å². The van der Waals surface area contributed by atoms with Gasteiger partial charge in [0.15, 0.2) is 0 Å². The van der Waals surface area contributed by atoms with Crippen LogP contribution in [0.3, 0.4) is 0 Å². The number of hydrogen-bond acceptors (Lipinski definition) is 1. The molecule has 1 amide bonds. The molecule has 2 heteroatoms. The van der Waals surface area contributed by atoms with Crippen molar-refractivity contribution in [3.63, 3.8) is 0 Å². The van der Waals surface area contributed by atoms with Crippen LogP contribution in [0.2, 0.25) is 0 Å². The molecule has 2 nitrogen and oxygen atoms in total. The molecule has 1 aromatic carbocycles. The van der Waals surface area contributed by atoms with Crippen LogP contribution in [0.25, 0.3) is 0 Å². The number of hydrogen-bond donors (Lipinski definition) is 0. The Hall–Kier alpha value is -1.31. The van der Waals surface area contributed by atoms with E-state index in [1.54, 1.807) is 19.0 Å². The van der Waals surface area contributed by atoms with Crippen LogP contribution >= 0.6 is 0 Å². The van der Waals surface area contributed by atoms with Crippen LogP contribution in [0.5, 0.6) is 0 Å². The number of carbonyl (C=O) groups excluding carboxylic acids is 1. The van der Waals surface area contributed by atoms with E-state index in [4.69, 9.17) is 0 Å². The molecule has 1 aliphatic rings. The van der Waals surface area contributed by atoms with Crippen LogP contribution in [0, 0.1) is 11.8 Å². The molecule has 0 unspecified atom stereocenters. The van der Waals surface area contributed by atoms with Gasteiger partial charge in [-0.3, -0.25) is 4.79 Å². The molecule has 0 saturated heterocycles. The van der Waals surface area contributed by atoms with E-state index in [-0.39, 0.29) is 5.91 Å². The fourth-order valence-corrected chi connectivity index (χ4v) is 2.47. The van der Waals surface area contributed by atoms with E-state index in [0.29, 0.717) is 0 Å². The summed E-state index contributed by atoms with van der Waals surface area (Å²) in [4.78, 5) is 13.4. The average molecular weight is 231 g/mol. The van der Waals surface area contributed by atoms with E-state index in [9.17, 15) is 4.79 Å². The van der Waals surface area contributed by atoms with Crippen LogP contribution in [0.4, 0.5) is 0 Å². The first kappa shape index (κ1) is 12.2. The summed E-state index contributed by atoms with van der Waals surface area (Å²) in [6, 6.07) is 8.13. The van der Waals surface area contributed by atoms with Crippen molar-refractivity contribution >= 4 is 5.91 Å². The van der Waals surface area contributed by atoms with Crippen LogP contribution in [0.15, 0.2) is 24.3 Å². The molecule has 1 aromatic rings. The molecule has 0 bridgehead atoms. The van der Waals surface area contributed by atoms with Crippen molar-refractivity contribution in [2.45, 2.75) is 26.2 Å². The lowest BCUT2D eigenvalue weighted by molar-refractivity contribution is 0.0827. The number of nitrogens with zero attached hydrogens (tertiary/aromatic N) is 1. The van der Waals surface area contributed by atoms with E-state index < -0.39 is 0 Å². The van der Waals surface area contributed by atoms with Gasteiger partial charge in [-0.15, -0.1) is 0 Å². The minimum Gasteiger partial charge on any atom is -0.345 e. The predicted octanol–water partition coefficient (Wildman–Crippen LogP) is 3.15. The molecule has 2 atom stereocenters. The second kappa shape index (κ2) is 4.52. The second-order valence-corrected chi connectivity index (χ2v) is 5.57. The Morgan fingerprint density at radius 3 is 2.24 bits per heavy atom. The summed E-state index contributed by atoms with van der Waals surface area (Å²) in [7, 11) is 3.57. The Morgan fingerprint density at radius 1 is 1.24 bits per heavy atom. The molecule has 2 rings (SSSR count). The summed E-state index contributed by atoms with van der Waals surface area (Å²) < 4.78 is 0. The summed E-state index contributed by atoms with van der Waals surface area (Å²) in [5.74, 6) is 2.40. The molecule has 0 aliphatic heterocycles. The van der Waals surface area contributed by atoms with E-state index in [1.807, 2.05) is 12.1 Å². The minimum absolute atomic E-state index is 0.0766. The third-order valence-electron chi connectivity index (χ3n) is 3.69. The summed E-state index contributed by atoms with van der Waals surface area (Å²) >= 11 is 0. The van der Waals surface area contributed by atoms with Gasteiger partial charge in [0.05, 0.1) is 0 Å². The first-order valence-electron chi connectivity index (χ1n) is 6.32. The third kappa shape index (κ3) is 2.51. The van der Waals surface area contributed by atoms with E-state index in [2.05, 4.69) is 26.0 Å². The standard InChI is InChI=1S/C15H21NO/c1-10(2)13-9-14(13)11-5-7-12(8-6-11)15(17)16(3)4/h5-8,10,13-14H,9H2,1-4H3/t13-,14-/m1/s1. The van der Waals surface area contributed by atoms with Gasteiger partial charge in [-0.25, -0.2) is 0 Å². The highest BCUT2D eigenvalue weighted by atomic mass is 16.2. The number of rotatable bonds is 3. The zero-order chi connectivity index (χ0) is 12.6. The van der Waals surface area contributed by atoms with Gasteiger partial charge in [0.25, 0.3) is 5.91 Å². The molecule has 0 N–H and O–H groups in total. The lowest BCUT2D eigenvalue weighted by atomic mass is 10.0. The fourth-order valence-electron chi connectivity index (χ4n) is 2.47. The number of amides is 1. The molecular formula is C15H21NO. The van der Waals surface area contributed by atoms with Crippen LogP contribution in [-0.2, 0) is 0 Å². The molecule has 17 heavy (non-hydrogen) atoms. The highest BCUT2D eigenvalue weighted by Gasteiger charge is 2.39. The lowest BCUT2D eigenvalue weighted by Gasteiger charge is -2.10. The van der Waals surface area contributed by atoms with Crippen molar-refractivity contribution in [1.82, 2.24) is 4.90 Å². The maximum Gasteiger partial charge on any atom is 0.253 e. The van der Waals surface area contributed by atoms with Crippen molar-refractivity contribution in [3.8, 4) is 0 Å². The first-order chi connectivity index (χ1) is 8.00. The van der Waals surface area contributed by atoms with Gasteiger partial charge in [-0.2, -0.15) is 0 Å². The Bertz CT molecular complexity index is 405. The van der Waals surface area contributed by atoms with Crippen molar-refractivity contribution in [3.05, 3.63) is 35.4 Å². The van der Waals surface area contributed by atoms with Crippen molar-refractivity contribution in [1.29, 1.82) is 0 Å². The first-order valence-corrected chi connectivity index (χ1v) is 6.32. The summed E-state index contributed by atoms with van der Waals surface area (Å²) in [5.41, 5.74) is 2.17. The molecule has 92 valence electrons. The maximum atomic E-state index is 11.7. The molecular weight excluding hydrogens is 210 g/mol. The topological polar surface area (TPSA) is 20.3 Å². The molecule has 1 fully saturated rings. The zero-order valence-corrected chi connectivity index (χ0v) is 11.1. The van der Waals surface area contributed by atoms with Gasteiger partial charge < -0.3 is 4.90 Å². The predicted molar refractivity (Wildman–Crippen MR) is 70.1 cm³/mol. The van der Waals surface area contributed by atoms with Crippen LogP contribution in [-0.4, -0.2) is 24.9 Å². The third-order valence-corrected chi connectivity index (χ3v) is 3.69. The smallest absolute Gasteiger partial charge is 0.253 e. The molecule has 0 radical (unpaired) electrons. The quantitative estimate of drug-likeness (QED) is 0.782. The minimum atomic E-state index is 0.0766. The molecule has 0 aromatic heterocycles. The number of benzene rings is 1. The Morgan fingerprint density at radius 2 is 1.82 bits per heavy atom. The zero-order valence-electron chi connectivity index (χ0n) is 11.1. The largest absolute Gasteiger partial charge is 0.345 e. The summed E-state index contributed by atoms with van der Waals surface area (Å²) in [5, 5.41) is 0. The van der Waals surface area contributed by atoms with Crippen molar-refractivity contribution in [2.75, 3.05) is 14.1 Å². The summed E-state index contributed by atoms with van der Waals surface area (Å²) in [6.07, 6.45) is 1.30. The summed E-state index contributed by atoms with van der Waals surface area (Å²) in [6.45, 7) is 4.57. The molecule has 1 saturated carbocycles. The molecule has 1 aliphatic carbocycles. The maximum absolute atomic E-state index is 11.7. The molecule has 0 heterocycles. The average Bonchev–Trinajstić information content (AvgIpc) is 3.08. The Kier molecular flexibility index (Phi) is 3.23. The lowest BCUT2D eigenvalue weighted by Crippen LogP contribution is -2.21. The van der Waals surface area contributed by atoms with Gasteiger partial charge in [-0.05, 0) is 41.9 Å². The van der Waals surface area contributed by atoms with Crippen molar-refractivity contribution in [2.24, 2.45) is 11.8 Å². The molecule has 0 spiro atoms. The van der Waals surface area contributed by atoms with Gasteiger partial charge in [-0.1, -0.05) is 26.0 Å². The monoisotopic (exact) mass is 231 g/mol. The fraction of sp³-hybridized carbons (Fsp3) is 0.533. The van der Waals surface area contributed by atoms with Crippen LogP contribution in [0.1, 0.15) is 42.1 Å². The van der Waals surface area contributed by atoms with E-state index >= 15 is 0 Å².